The maximum absolute atomic E-state index is 13.4. The number of likely N-dealkylation sites (tertiary alicyclic amines) is 1. The van der Waals surface area contributed by atoms with Crippen molar-refractivity contribution in [2.75, 3.05) is 45.9 Å². The number of anilines is 1. The minimum atomic E-state index is -0.0262. The van der Waals surface area contributed by atoms with Crippen molar-refractivity contribution >= 4 is 11.9 Å². The van der Waals surface area contributed by atoms with Gasteiger partial charge in [0.05, 0.1) is 32.9 Å². The largest absolute Gasteiger partial charge is 0.493 e. The third kappa shape index (κ3) is 3.54. The molecule has 2 saturated heterocycles. The van der Waals surface area contributed by atoms with Crippen LogP contribution in [0.2, 0.25) is 0 Å². The van der Waals surface area contributed by atoms with Gasteiger partial charge in [0.15, 0.2) is 11.5 Å². The van der Waals surface area contributed by atoms with Gasteiger partial charge < -0.3 is 24.0 Å². The fraction of sp³-hybridized carbons (Fsp3) is 0.476. The van der Waals surface area contributed by atoms with Gasteiger partial charge in [-0.25, -0.2) is 4.98 Å². The molecule has 29 heavy (non-hydrogen) atoms. The minimum Gasteiger partial charge on any atom is -0.493 e. The third-order valence-electron chi connectivity index (χ3n) is 5.87. The molecule has 2 unspecified atom stereocenters. The molecule has 1 aromatic heterocycles. The number of aromatic nitrogens is 2. The van der Waals surface area contributed by atoms with Crippen LogP contribution in [0.25, 0.3) is 0 Å². The maximum atomic E-state index is 13.4. The number of benzene rings is 1. The summed E-state index contributed by atoms with van der Waals surface area (Å²) in [4.78, 5) is 26.4. The molecule has 8 heteroatoms. The lowest BCUT2D eigenvalue weighted by atomic mass is 9.92. The molecule has 2 atom stereocenters. The van der Waals surface area contributed by atoms with Gasteiger partial charge in [-0.1, -0.05) is 6.07 Å². The smallest absolute Gasteiger partial charge is 0.258 e. The Morgan fingerprint density at radius 2 is 1.90 bits per heavy atom. The summed E-state index contributed by atoms with van der Waals surface area (Å²) in [7, 11) is 4.73. The summed E-state index contributed by atoms with van der Waals surface area (Å²) in [5.41, 5.74) is 0.530. The zero-order valence-electron chi connectivity index (χ0n) is 17.0. The highest BCUT2D eigenvalue weighted by Gasteiger charge is 2.42. The molecule has 2 fully saturated rings. The van der Waals surface area contributed by atoms with E-state index in [9.17, 15) is 4.79 Å². The Hall–Kier alpha value is -3.03. The fourth-order valence-electron chi connectivity index (χ4n) is 4.38. The maximum Gasteiger partial charge on any atom is 0.258 e. The molecule has 1 aromatic carbocycles. The molecule has 154 valence electrons. The van der Waals surface area contributed by atoms with Crippen LogP contribution < -0.4 is 19.1 Å². The molecular weight excluding hydrogens is 372 g/mol. The van der Waals surface area contributed by atoms with E-state index in [0.29, 0.717) is 41.4 Å². The van der Waals surface area contributed by atoms with Gasteiger partial charge in [-0.05, 0) is 30.9 Å². The monoisotopic (exact) mass is 398 g/mol. The Balaban J connectivity index is 1.58. The van der Waals surface area contributed by atoms with Crippen molar-refractivity contribution in [2.45, 2.75) is 18.9 Å². The van der Waals surface area contributed by atoms with Crippen LogP contribution in [0, 0.1) is 5.92 Å². The molecule has 2 aliphatic heterocycles. The second-order valence-corrected chi connectivity index (χ2v) is 7.29. The van der Waals surface area contributed by atoms with E-state index in [2.05, 4.69) is 14.9 Å². The molecule has 0 radical (unpaired) electrons. The number of rotatable bonds is 5. The molecule has 8 nitrogen and oxygen atoms in total. The van der Waals surface area contributed by atoms with Crippen molar-refractivity contribution < 1.29 is 19.0 Å². The van der Waals surface area contributed by atoms with Crippen LogP contribution in [0.3, 0.4) is 0 Å². The average molecular weight is 398 g/mol. The van der Waals surface area contributed by atoms with Gasteiger partial charge in [0.25, 0.3) is 5.91 Å². The summed E-state index contributed by atoms with van der Waals surface area (Å²) in [5, 5.41) is 0. The summed E-state index contributed by atoms with van der Waals surface area (Å²) in [5.74, 6) is 2.68. The minimum absolute atomic E-state index is 0.0262. The Bertz CT molecular complexity index is 891. The first-order valence-corrected chi connectivity index (χ1v) is 9.80. The Morgan fingerprint density at radius 1 is 1.07 bits per heavy atom. The summed E-state index contributed by atoms with van der Waals surface area (Å²) in [6, 6.07) is 7.26. The number of hydrogen-bond acceptors (Lipinski definition) is 7. The Labute approximate surface area is 170 Å². The molecule has 2 aromatic rings. The highest BCUT2D eigenvalue weighted by atomic mass is 16.5. The number of nitrogens with zero attached hydrogens (tertiary/aromatic N) is 4. The van der Waals surface area contributed by atoms with E-state index in [1.807, 2.05) is 11.0 Å². The lowest BCUT2D eigenvalue weighted by molar-refractivity contribution is 0.0707. The van der Waals surface area contributed by atoms with Gasteiger partial charge in [0.2, 0.25) is 11.8 Å². The number of carbonyl (C=O) groups is 1. The second kappa shape index (κ2) is 8.14. The van der Waals surface area contributed by atoms with Gasteiger partial charge in [-0.3, -0.25) is 4.79 Å². The van der Waals surface area contributed by atoms with E-state index in [1.54, 1.807) is 45.7 Å². The fourth-order valence-corrected chi connectivity index (χ4v) is 4.38. The summed E-state index contributed by atoms with van der Waals surface area (Å²) < 4.78 is 16.1. The van der Waals surface area contributed by atoms with Crippen LogP contribution in [-0.2, 0) is 0 Å². The first kappa shape index (κ1) is 19.3. The number of carbonyl (C=O) groups excluding carboxylic acids is 1. The average Bonchev–Trinajstić information content (AvgIpc) is 3.21. The van der Waals surface area contributed by atoms with Crippen LogP contribution in [0.15, 0.2) is 30.5 Å². The molecular formula is C21H26N4O4. The number of methoxy groups -OCH3 is 3. The lowest BCUT2D eigenvalue weighted by Gasteiger charge is -2.38. The van der Waals surface area contributed by atoms with Gasteiger partial charge in [-0.2, -0.15) is 4.98 Å². The van der Waals surface area contributed by atoms with Crippen molar-refractivity contribution in [1.29, 1.82) is 0 Å². The van der Waals surface area contributed by atoms with E-state index < -0.39 is 0 Å². The van der Waals surface area contributed by atoms with Crippen LogP contribution in [0.5, 0.6) is 17.4 Å². The summed E-state index contributed by atoms with van der Waals surface area (Å²) in [6.45, 7) is 2.32. The van der Waals surface area contributed by atoms with Crippen molar-refractivity contribution in [1.82, 2.24) is 14.9 Å². The molecule has 0 saturated carbocycles. The zero-order chi connectivity index (χ0) is 20.4. The topological polar surface area (TPSA) is 77.0 Å². The number of para-hydroxylation sites is 1. The van der Waals surface area contributed by atoms with Crippen molar-refractivity contribution in [3.8, 4) is 17.4 Å². The number of amides is 1. The van der Waals surface area contributed by atoms with Crippen LogP contribution >= 0.6 is 0 Å². The van der Waals surface area contributed by atoms with Crippen molar-refractivity contribution in [3.05, 3.63) is 36.0 Å². The molecule has 0 N–H and O–H groups in total. The van der Waals surface area contributed by atoms with Crippen molar-refractivity contribution in [3.63, 3.8) is 0 Å². The predicted molar refractivity (Wildman–Crippen MR) is 108 cm³/mol. The molecule has 1 amide bonds. The van der Waals surface area contributed by atoms with Gasteiger partial charge in [-0.15, -0.1) is 0 Å². The highest BCUT2D eigenvalue weighted by molar-refractivity contribution is 5.98. The van der Waals surface area contributed by atoms with Gasteiger partial charge in [0.1, 0.15) is 0 Å². The standard InChI is InChI=1S/C21H26N4O4/c1-27-17-6-4-5-15(19(17)29-3)20(26)25-12-9-14-8-11-24(13-16(14)25)21-22-10-7-18(23-21)28-2/h4-7,10,14,16H,8-9,11-13H2,1-3H3. The Morgan fingerprint density at radius 3 is 2.66 bits per heavy atom. The van der Waals surface area contributed by atoms with Gasteiger partial charge in [0, 0.05) is 31.9 Å². The zero-order valence-corrected chi connectivity index (χ0v) is 17.0. The number of ether oxygens (including phenoxy) is 3. The van der Waals surface area contributed by atoms with E-state index in [0.717, 1.165) is 25.9 Å². The summed E-state index contributed by atoms with van der Waals surface area (Å²) >= 11 is 0. The molecule has 2 aliphatic rings. The van der Waals surface area contributed by atoms with E-state index in [1.165, 1.54) is 0 Å². The Kier molecular flexibility index (Phi) is 5.42. The third-order valence-corrected chi connectivity index (χ3v) is 5.87. The molecule has 0 aliphatic carbocycles. The summed E-state index contributed by atoms with van der Waals surface area (Å²) in [6.07, 6.45) is 3.71. The SMILES string of the molecule is COc1ccnc(N2CCC3CCN(C(=O)c4cccc(OC)c4OC)C3C2)n1. The van der Waals surface area contributed by atoms with E-state index >= 15 is 0 Å². The predicted octanol–water partition coefficient (Wildman–Crippen LogP) is 2.24. The second-order valence-electron chi connectivity index (χ2n) is 7.29. The quantitative estimate of drug-likeness (QED) is 0.764. The van der Waals surface area contributed by atoms with Crippen LogP contribution in [-0.4, -0.2) is 67.8 Å². The molecule has 4 rings (SSSR count). The molecule has 0 spiro atoms. The number of piperidine rings is 1. The lowest BCUT2D eigenvalue weighted by Crippen LogP contribution is -2.50. The van der Waals surface area contributed by atoms with Gasteiger partial charge >= 0.3 is 0 Å². The number of hydrogen-bond donors (Lipinski definition) is 0. The molecule has 0 bridgehead atoms. The first-order valence-electron chi connectivity index (χ1n) is 9.80. The normalized spacial score (nSPS) is 20.9. The molecule has 3 heterocycles. The number of fused-ring (bicyclic) bond motifs is 1. The highest BCUT2D eigenvalue weighted by Crippen LogP contribution is 2.37. The van der Waals surface area contributed by atoms with Crippen LogP contribution in [0.1, 0.15) is 23.2 Å². The van der Waals surface area contributed by atoms with E-state index in [4.69, 9.17) is 14.2 Å². The van der Waals surface area contributed by atoms with E-state index in [-0.39, 0.29) is 11.9 Å². The van der Waals surface area contributed by atoms with Crippen molar-refractivity contribution in [2.24, 2.45) is 5.92 Å². The first-order chi connectivity index (χ1) is 14.2. The van der Waals surface area contributed by atoms with Crippen LogP contribution in [0.4, 0.5) is 5.95 Å².